The second-order valence-electron chi connectivity index (χ2n) is 8.95. The third kappa shape index (κ3) is 4.67. The first kappa shape index (κ1) is 22.3. The number of carbonyl (C=O) groups excluding carboxylic acids is 1. The maximum atomic E-state index is 13.3. The van der Waals surface area contributed by atoms with Crippen molar-refractivity contribution in [3.05, 3.63) is 70.8 Å². The van der Waals surface area contributed by atoms with Crippen LogP contribution in [0.1, 0.15) is 69.1 Å². The largest absolute Gasteiger partial charge is 0.368 e. The van der Waals surface area contributed by atoms with E-state index in [2.05, 4.69) is 86.0 Å². The standard InChI is InChI=1S/C27H36N2O/c1-19(2)21(5)24-13-10-14-25(26(24)27(30)20(3)4)29-17-15-28(16-18-29)22(6)23-11-8-7-9-12-23/h7-14,20,22H,15-18H2,1-6H3/t22-/m1/s1. The lowest BCUT2D eigenvalue weighted by Gasteiger charge is -2.40. The van der Waals surface area contributed by atoms with Gasteiger partial charge < -0.3 is 4.90 Å². The lowest BCUT2D eigenvalue weighted by atomic mass is 9.89. The molecule has 1 aliphatic heterocycles. The number of ketones is 1. The van der Waals surface area contributed by atoms with E-state index in [1.54, 1.807) is 0 Å². The van der Waals surface area contributed by atoms with Gasteiger partial charge in [-0.2, -0.15) is 0 Å². The predicted molar refractivity (Wildman–Crippen MR) is 128 cm³/mol. The van der Waals surface area contributed by atoms with E-state index < -0.39 is 0 Å². The lowest BCUT2D eigenvalue weighted by molar-refractivity contribution is 0.0939. The fourth-order valence-electron chi connectivity index (χ4n) is 4.23. The number of nitrogens with zero attached hydrogens (tertiary/aromatic N) is 2. The average Bonchev–Trinajstić information content (AvgIpc) is 2.77. The van der Waals surface area contributed by atoms with Gasteiger partial charge in [0.15, 0.2) is 5.78 Å². The molecule has 160 valence electrons. The van der Waals surface area contributed by atoms with Crippen molar-refractivity contribution in [2.75, 3.05) is 31.1 Å². The highest BCUT2D eigenvalue weighted by Gasteiger charge is 2.27. The second kappa shape index (κ2) is 9.61. The maximum Gasteiger partial charge on any atom is 0.168 e. The molecule has 1 fully saturated rings. The molecule has 0 aliphatic carbocycles. The topological polar surface area (TPSA) is 23.6 Å². The van der Waals surface area contributed by atoms with Crippen LogP contribution in [-0.4, -0.2) is 36.9 Å². The fraction of sp³-hybridized carbons (Fsp3) is 0.444. The first-order chi connectivity index (χ1) is 14.3. The predicted octanol–water partition coefficient (Wildman–Crippen LogP) is 6.22. The van der Waals surface area contributed by atoms with Crippen molar-refractivity contribution in [2.24, 2.45) is 5.92 Å². The minimum atomic E-state index is -0.0192. The zero-order valence-corrected chi connectivity index (χ0v) is 19.4. The molecule has 30 heavy (non-hydrogen) atoms. The van der Waals surface area contributed by atoms with Crippen LogP contribution in [0.5, 0.6) is 0 Å². The number of hydrogen-bond acceptors (Lipinski definition) is 3. The number of carbonyl (C=O) groups is 1. The minimum Gasteiger partial charge on any atom is -0.368 e. The molecule has 3 rings (SSSR count). The van der Waals surface area contributed by atoms with Crippen molar-refractivity contribution in [3.8, 4) is 0 Å². The van der Waals surface area contributed by atoms with Crippen molar-refractivity contribution in [2.45, 2.75) is 47.6 Å². The zero-order chi connectivity index (χ0) is 21.8. The lowest BCUT2D eigenvalue weighted by Crippen LogP contribution is -2.47. The van der Waals surface area contributed by atoms with Crippen LogP contribution in [-0.2, 0) is 0 Å². The van der Waals surface area contributed by atoms with Crippen LogP contribution in [0, 0.1) is 5.92 Å². The summed E-state index contributed by atoms with van der Waals surface area (Å²) < 4.78 is 0. The van der Waals surface area contributed by atoms with Gasteiger partial charge in [0.2, 0.25) is 0 Å². The van der Waals surface area contributed by atoms with Gasteiger partial charge in [-0.05, 0) is 50.5 Å². The molecule has 1 heterocycles. The molecule has 3 heteroatoms. The van der Waals surface area contributed by atoms with Crippen LogP contribution in [0.25, 0.3) is 5.57 Å². The Morgan fingerprint density at radius 2 is 1.47 bits per heavy atom. The summed E-state index contributed by atoms with van der Waals surface area (Å²) in [7, 11) is 0. The summed E-state index contributed by atoms with van der Waals surface area (Å²) in [5.74, 6) is 0.218. The van der Waals surface area contributed by atoms with E-state index >= 15 is 0 Å². The number of anilines is 1. The van der Waals surface area contributed by atoms with Gasteiger partial charge in [0.05, 0.1) is 0 Å². The summed E-state index contributed by atoms with van der Waals surface area (Å²) in [5, 5.41) is 0. The highest BCUT2D eigenvalue weighted by atomic mass is 16.1. The summed E-state index contributed by atoms with van der Waals surface area (Å²) in [6, 6.07) is 17.5. The third-order valence-corrected chi connectivity index (χ3v) is 6.45. The maximum absolute atomic E-state index is 13.3. The molecule has 0 unspecified atom stereocenters. The van der Waals surface area contributed by atoms with Crippen LogP contribution in [0.4, 0.5) is 5.69 Å². The Balaban J connectivity index is 1.87. The SMILES string of the molecule is CC(C)=C(C)c1cccc(N2CCN([C@H](C)c3ccccc3)CC2)c1C(=O)C(C)C. The van der Waals surface area contributed by atoms with Crippen molar-refractivity contribution in [1.82, 2.24) is 4.90 Å². The van der Waals surface area contributed by atoms with Gasteiger partial charge in [0, 0.05) is 49.4 Å². The fourth-order valence-corrected chi connectivity index (χ4v) is 4.23. The molecule has 0 N–H and O–H groups in total. The quantitative estimate of drug-likeness (QED) is 0.534. The number of Topliss-reactive ketones (excluding diaryl/α,β-unsaturated/α-hetero) is 1. The van der Waals surface area contributed by atoms with Gasteiger partial charge in [0.25, 0.3) is 0 Å². The Bertz CT molecular complexity index is 902. The molecule has 1 aliphatic rings. The molecule has 0 spiro atoms. The van der Waals surface area contributed by atoms with Crippen LogP contribution < -0.4 is 4.90 Å². The first-order valence-corrected chi connectivity index (χ1v) is 11.2. The molecule has 2 aromatic carbocycles. The van der Waals surface area contributed by atoms with E-state index in [-0.39, 0.29) is 11.7 Å². The van der Waals surface area contributed by atoms with Crippen LogP contribution >= 0.6 is 0 Å². The first-order valence-electron chi connectivity index (χ1n) is 11.2. The Morgan fingerprint density at radius 3 is 2.03 bits per heavy atom. The number of hydrogen-bond donors (Lipinski definition) is 0. The Kier molecular flexibility index (Phi) is 7.14. The molecule has 0 aromatic heterocycles. The molecule has 3 nitrogen and oxygen atoms in total. The Labute approximate surface area is 182 Å². The Hall–Kier alpha value is -2.39. The number of rotatable bonds is 6. The molecular weight excluding hydrogens is 368 g/mol. The summed E-state index contributed by atoms with van der Waals surface area (Å²) in [6.07, 6.45) is 0. The van der Waals surface area contributed by atoms with Crippen LogP contribution in [0.15, 0.2) is 54.1 Å². The number of allylic oxidation sites excluding steroid dienone is 2. The second-order valence-corrected chi connectivity index (χ2v) is 8.95. The smallest absolute Gasteiger partial charge is 0.168 e. The minimum absolute atomic E-state index is 0.0192. The molecule has 0 saturated carbocycles. The van der Waals surface area contributed by atoms with Crippen molar-refractivity contribution < 1.29 is 4.79 Å². The monoisotopic (exact) mass is 404 g/mol. The van der Waals surface area contributed by atoms with E-state index in [0.717, 1.165) is 43.0 Å². The van der Waals surface area contributed by atoms with Crippen LogP contribution in [0.3, 0.4) is 0 Å². The van der Waals surface area contributed by atoms with E-state index in [4.69, 9.17) is 0 Å². The van der Waals surface area contributed by atoms with Gasteiger partial charge in [-0.3, -0.25) is 9.69 Å². The van der Waals surface area contributed by atoms with Gasteiger partial charge >= 0.3 is 0 Å². The van der Waals surface area contributed by atoms with Gasteiger partial charge in [-0.25, -0.2) is 0 Å². The average molecular weight is 405 g/mol. The Morgan fingerprint density at radius 1 is 0.833 bits per heavy atom. The number of piperazine rings is 1. The highest BCUT2D eigenvalue weighted by Crippen LogP contribution is 2.33. The normalized spacial score (nSPS) is 15.9. The number of benzene rings is 2. The van der Waals surface area contributed by atoms with E-state index in [1.165, 1.54) is 16.7 Å². The van der Waals surface area contributed by atoms with Crippen LogP contribution in [0.2, 0.25) is 0 Å². The van der Waals surface area contributed by atoms with Gasteiger partial charge in [-0.1, -0.05) is 61.9 Å². The molecule has 0 bridgehead atoms. The van der Waals surface area contributed by atoms with Gasteiger partial charge in [-0.15, -0.1) is 0 Å². The third-order valence-electron chi connectivity index (χ3n) is 6.45. The molecular formula is C27H36N2O. The molecule has 0 radical (unpaired) electrons. The van der Waals surface area contributed by atoms with Crippen molar-refractivity contribution >= 4 is 17.0 Å². The summed E-state index contributed by atoms with van der Waals surface area (Å²) in [5.41, 5.74) is 6.91. The highest BCUT2D eigenvalue weighted by molar-refractivity contribution is 6.06. The summed E-state index contributed by atoms with van der Waals surface area (Å²) >= 11 is 0. The van der Waals surface area contributed by atoms with Gasteiger partial charge in [0.1, 0.15) is 0 Å². The molecule has 0 amide bonds. The molecule has 2 aromatic rings. The van der Waals surface area contributed by atoms with Crippen molar-refractivity contribution in [3.63, 3.8) is 0 Å². The van der Waals surface area contributed by atoms with E-state index in [9.17, 15) is 4.79 Å². The summed E-state index contributed by atoms with van der Waals surface area (Å²) in [6.45, 7) is 16.5. The zero-order valence-electron chi connectivity index (χ0n) is 19.4. The van der Waals surface area contributed by atoms with E-state index in [1.807, 2.05) is 13.8 Å². The summed E-state index contributed by atoms with van der Waals surface area (Å²) in [4.78, 5) is 18.2. The van der Waals surface area contributed by atoms with E-state index in [0.29, 0.717) is 6.04 Å². The van der Waals surface area contributed by atoms with Crippen molar-refractivity contribution in [1.29, 1.82) is 0 Å². The molecule has 1 atom stereocenters. The molecule has 1 saturated heterocycles.